The largest absolute Gasteiger partial charge is 0.388 e. The molecule has 0 fully saturated rings. The summed E-state index contributed by atoms with van der Waals surface area (Å²) in [5.74, 6) is -0.763. The van der Waals surface area contributed by atoms with E-state index < -0.39 is 11.4 Å². The molecule has 1 unspecified atom stereocenters. The van der Waals surface area contributed by atoms with E-state index in [1.807, 2.05) is 6.92 Å². The summed E-state index contributed by atoms with van der Waals surface area (Å²) in [5, 5.41) is 12.3. The Morgan fingerprint density at radius 3 is 2.89 bits per heavy atom. The van der Waals surface area contributed by atoms with Crippen molar-refractivity contribution in [3.63, 3.8) is 0 Å². The number of halogens is 2. The maximum Gasteiger partial charge on any atom is 0.244 e. The summed E-state index contributed by atoms with van der Waals surface area (Å²) in [7, 11) is 0. The van der Waals surface area contributed by atoms with Crippen molar-refractivity contribution < 1.29 is 14.3 Å². The van der Waals surface area contributed by atoms with E-state index in [0.717, 1.165) is 4.47 Å². The van der Waals surface area contributed by atoms with Gasteiger partial charge in [0.05, 0.1) is 5.60 Å². The highest BCUT2D eigenvalue weighted by Crippen LogP contribution is 2.16. The number of amides is 1. The predicted molar refractivity (Wildman–Crippen MR) is 77.1 cm³/mol. The summed E-state index contributed by atoms with van der Waals surface area (Å²) < 4.78 is 14.1. The lowest BCUT2D eigenvalue weighted by molar-refractivity contribution is -0.117. The van der Waals surface area contributed by atoms with Crippen LogP contribution in [0.1, 0.15) is 25.8 Å². The first-order valence-electron chi connectivity index (χ1n) is 5.97. The first kappa shape index (κ1) is 15.9. The third-order valence-electron chi connectivity index (χ3n) is 2.78. The second kappa shape index (κ2) is 6.82. The fourth-order valence-electron chi connectivity index (χ4n) is 1.27. The Balaban J connectivity index is 2.61. The molecule has 0 aromatic heterocycles. The monoisotopic (exact) mass is 329 g/mol. The van der Waals surface area contributed by atoms with Crippen LogP contribution in [-0.2, 0) is 4.79 Å². The minimum absolute atomic E-state index is 0.160. The van der Waals surface area contributed by atoms with E-state index in [1.54, 1.807) is 19.1 Å². The number of aliphatic hydroxyl groups is 1. The van der Waals surface area contributed by atoms with Gasteiger partial charge in [-0.15, -0.1) is 0 Å². The minimum Gasteiger partial charge on any atom is -0.388 e. The molecule has 1 aromatic rings. The molecule has 5 heteroatoms. The van der Waals surface area contributed by atoms with Gasteiger partial charge in [-0.25, -0.2) is 4.39 Å². The Morgan fingerprint density at radius 1 is 1.58 bits per heavy atom. The molecule has 1 rings (SSSR count). The molecule has 0 saturated carbocycles. The van der Waals surface area contributed by atoms with Crippen molar-refractivity contribution in [2.24, 2.45) is 0 Å². The quantitative estimate of drug-likeness (QED) is 0.816. The average Bonchev–Trinajstić information content (AvgIpc) is 2.37. The third kappa shape index (κ3) is 5.53. The van der Waals surface area contributed by atoms with Crippen molar-refractivity contribution >= 4 is 27.9 Å². The molecule has 104 valence electrons. The molecule has 0 bridgehead atoms. The lowest BCUT2D eigenvalue weighted by Gasteiger charge is -2.20. The van der Waals surface area contributed by atoms with E-state index in [1.165, 1.54) is 18.2 Å². The molecule has 0 spiro atoms. The second-order valence-electron chi connectivity index (χ2n) is 4.57. The molecular formula is C14H17BrFNO2. The maximum absolute atomic E-state index is 13.4. The summed E-state index contributed by atoms with van der Waals surface area (Å²) in [6.45, 7) is 3.64. The van der Waals surface area contributed by atoms with Crippen LogP contribution in [0.5, 0.6) is 0 Å². The number of hydrogen-bond acceptors (Lipinski definition) is 2. The molecule has 0 heterocycles. The normalized spacial score (nSPS) is 14.4. The van der Waals surface area contributed by atoms with Crippen molar-refractivity contribution in [1.29, 1.82) is 0 Å². The second-order valence-corrected chi connectivity index (χ2v) is 5.48. The van der Waals surface area contributed by atoms with Gasteiger partial charge in [-0.05, 0) is 37.6 Å². The predicted octanol–water partition coefficient (Wildman–Crippen LogP) is 2.88. The molecule has 0 saturated heterocycles. The molecule has 19 heavy (non-hydrogen) atoms. The molecule has 0 radical (unpaired) electrons. The molecule has 0 aliphatic heterocycles. The van der Waals surface area contributed by atoms with Gasteiger partial charge in [-0.3, -0.25) is 4.79 Å². The zero-order valence-electron chi connectivity index (χ0n) is 10.9. The van der Waals surface area contributed by atoms with Gasteiger partial charge >= 0.3 is 0 Å². The average molecular weight is 330 g/mol. The number of carbonyl (C=O) groups excluding carboxylic acids is 1. The third-order valence-corrected chi connectivity index (χ3v) is 3.27. The Hall–Kier alpha value is -1.20. The van der Waals surface area contributed by atoms with E-state index in [9.17, 15) is 14.3 Å². The van der Waals surface area contributed by atoms with E-state index in [4.69, 9.17) is 0 Å². The van der Waals surface area contributed by atoms with Crippen LogP contribution in [0.2, 0.25) is 0 Å². The fourth-order valence-corrected chi connectivity index (χ4v) is 1.65. The highest BCUT2D eigenvalue weighted by atomic mass is 79.9. The van der Waals surface area contributed by atoms with Gasteiger partial charge in [0, 0.05) is 22.7 Å². The van der Waals surface area contributed by atoms with Gasteiger partial charge in [-0.1, -0.05) is 22.9 Å². The number of rotatable bonds is 5. The van der Waals surface area contributed by atoms with Crippen LogP contribution in [-0.4, -0.2) is 23.2 Å². The number of benzene rings is 1. The summed E-state index contributed by atoms with van der Waals surface area (Å²) >= 11 is 3.24. The molecule has 0 aliphatic carbocycles. The maximum atomic E-state index is 13.4. The first-order valence-corrected chi connectivity index (χ1v) is 6.77. The van der Waals surface area contributed by atoms with Crippen LogP contribution in [0.25, 0.3) is 6.08 Å². The molecule has 1 amide bonds. The van der Waals surface area contributed by atoms with Crippen molar-refractivity contribution in [3.05, 3.63) is 40.1 Å². The Bertz CT molecular complexity index is 486. The topological polar surface area (TPSA) is 49.3 Å². The fraction of sp³-hybridized carbons (Fsp3) is 0.357. The molecular weight excluding hydrogens is 313 g/mol. The summed E-state index contributed by atoms with van der Waals surface area (Å²) in [5.41, 5.74) is -0.600. The van der Waals surface area contributed by atoms with Gasteiger partial charge in [0.25, 0.3) is 0 Å². The first-order chi connectivity index (χ1) is 8.84. The van der Waals surface area contributed by atoms with Gasteiger partial charge in [0.2, 0.25) is 5.91 Å². The number of hydrogen-bond donors (Lipinski definition) is 2. The standard InChI is InChI=1S/C14H17BrFNO2/c1-3-14(2,19)9-17-13(18)7-4-10-8-11(15)5-6-12(10)16/h4-8,19H,3,9H2,1-2H3,(H,17,18). The van der Waals surface area contributed by atoms with E-state index >= 15 is 0 Å². The molecule has 2 N–H and O–H groups in total. The molecule has 0 aliphatic rings. The number of nitrogens with one attached hydrogen (secondary N) is 1. The van der Waals surface area contributed by atoms with Gasteiger partial charge in [0.15, 0.2) is 0 Å². The summed E-state index contributed by atoms with van der Waals surface area (Å²) in [6.07, 6.45) is 3.18. The van der Waals surface area contributed by atoms with Crippen molar-refractivity contribution in [1.82, 2.24) is 5.32 Å². The van der Waals surface area contributed by atoms with E-state index in [0.29, 0.717) is 12.0 Å². The lowest BCUT2D eigenvalue weighted by atomic mass is 10.0. The van der Waals surface area contributed by atoms with Crippen LogP contribution in [0.15, 0.2) is 28.7 Å². The number of carbonyl (C=O) groups is 1. The molecule has 3 nitrogen and oxygen atoms in total. The van der Waals surface area contributed by atoms with Crippen molar-refractivity contribution in [3.8, 4) is 0 Å². The van der Waals surface area contributed by atoms with E-state index in [2.05, 4.69) is 21.2 Å². The van der Waals surface area contributed by atoms with Gasteiger partial charge in [0.1, 0.15) is 5.82 Å². The van der Waals surface area contributed by atoms with Crippen LogP contribution in [0.3, 0.4) is 0 Å². The van der Waals surface area contributed by atoms with Gasteiger partial charge in [-0.2, -0.15) is 0 Å². The zero-order valence-corrected chi connectivity index (χ0v) is 12.5. The molecule has 1 aromatic carbocycles. The van der Waals surface area contributed by atoms with Crippen LogP contribution in [0.4, 0.5) is 4.39 Å². The van der Waals surface area contributed by atoms with E-state index in [-0.39, 0.29) is 12.5 Å². The van der Waals surface area contributed by atoms with Crippen molar-refractivity contribution in [2.75, 3.05) is 6.54 Å². The highest BCUT2D eigenvalue weighted by molar-refractivity contribution is 9.10. The summed E-state index contributed by atoms with van der Waals surface area (Å²) in [4.78, 5) is 11.5. The van der Waals surface area contributed by atoms with Crippen LogP contribution < -0.4 is 5.32 Å². The van der Waals surface area contributed by atoms with Crippen LogP contribution >= 0.6 is 15.9 Å². The van der Waals surface area contributed by atoms with Gasteiger partial charge < -0.3 is 10.4 Å². The van der Waals surface area contributed by atoms with Crippen LogP contribution in [0, 0.1) is 5.82 Å². The Kier molecular flexibility index (Phi) is 5.69. The smallest absolute Gasteiger partial charge is 0.244 e. The Morgan fingerprint density at radius 2 is 2.26 bits per heavy atom. The van der Waals surface area contributed by atoms with Crippen molar-refractivity contribution in [2.45, 2.75) is 25.9 Å². The summed E-state index contributed by atoms with van der Waals surface area (Å²) in [6, 6.07) is 4.50. The SMILES string of the molecule is CCC(C)(O)CNC(=O)C=Cc1cc(Br)ccc1F. The Labute approximate surface area is 120 Å². The zero-order chi connectivity index (χ0) is 14.5. The molecule has 1 atom stereocenters. The minimum atomic E-state index is -0.926. The lowest BCUT2D eigenvalue weighted by Crippen LogP contribution is -2.39. The highest BCUT2D eigenvalue weighted by Gasteiger charge is 2.17.